The molecule has 0 saturated carbocycles. The van der Waals surface area contributed by atoms with Crippen molar-refractivity contribution in [1.29, 1.82) is 0 Å². The van der Waals surface area contributed by atoms with E-state index in [0.29, 0.717) is 46.3 Å². The van der Waals surface area contributed by atoms with Crippen LogP contribution in [0.4, 0.5) is 10.1 Å². The van der Waals surface area contributed by atoms with Crippen LogP contribution in [-0.4, -0.2) is 32.1 Å². The Kier molecular flexibility index (Phi) is 6.36. The summed E-state index contributed by atoms with van der Waals surface area (Å²) in [6.45, 7) is 1.77. The van der Waals surface area contributed by atoms with E-state index in [4.69, 9.17) is 0 Å². The Bertz CT molecular complexity index is 1350. The van der Waals surface area contributed by atoms with Crippen LogP contribution in [0.25, 0.3) is 11.0 Å². The van der Waals surface area contributed by atoms with Crippen LogP contribution in [0, 0.1) is 12.7 Å². The largest absolute Gasteiger partial charge is 0.342 e. The van der Waals surface area contributed by atoms with Crippen molar-refractivity contribution in [2.45, 2.75) is 31.3 Å². The van der Waals surface area contributed by atoms with Crippen LogP contribution in [0.5, 0.6) is 0 Å². The fourth-order valence-corrected chi connectivity index (χ4v) is 3.91. The molecular formula is C23H22FN5O2S. The predicted octanol–water partition coefficient (Wildman–Crippen LogP) is 3.98. The number of thioether (sulfide) groups is 1. The van der Waals surface area contributed by atoms with Gasteiger partial charge in [-0.2, -0.15) is 0 Å². The lowest BCUT2D eigenvalue weighted by atomic mass is 10.1. The lowest BCUT2D eigenvalue weighted by molar-refractivity contribution is -0.116. The van der Waals surface area contributed by atoms with Crippen LogP contribution in [-0.2, 0) is 17.6 Å². The lowest BCUT2D eigenvalue weighted by Gasteiger charge is -2.07. The third-order valence-corrected chi connectivity index (χ3v) is 5.71. The number of halogens is 1. The maximum atomic E-state index is 13.9. The molecule has 0 radical (unpaired) electrons. The van der Waals surface area contributed by atoms with Gasteiger partial charge in [0.25, 0.3) is 5.56 Å². The first kappa shape index (κ1) is 21.8. The summed E-state index contributed by atoms with van der Waals surface area (Å²) in [5, 5.41) is 3.41. The molecule has 0 unspecified atom stereocenters. The molecule has 0 atom stereocenters. The van der Waals surface area contributed by atoms with Crippen LogP contribution in [0.15, 0.2) is 52.4 Å². The predicted molar refractivity (Wildman–Crippen MR) is 124 cm³/mol. The van der Waals surface area contributed by atoms with Gasteiger partial charge in [0.2, 0.25) is 5.91 Å². The second-order valence-corrected chi connectivity index (χ2v) is 8.17. The van der Waals surface area contributed by atoms with E-state index >= 15 is 0 Å². The summed E-state index contributed by atoms with van der Waals surface area (Å²) in [4.78, 5) is 39.4. The van der Waals surface area contributed by atoms with E-state index in [-0.39, 0.29) is 23.7 Å². The molecule has 4 aromatic rings. The van der Waals surface area contributed by atoms with Gasteiger partial charge >= 0.3 is 0 Å². The van der Waals surface area contributed by atoms with Crippen LogP contribution < -0.4 is 10.9 Å². The summed E-state index contributed by atoms with van der Waals surface area (Å²) in [5.74, 6) is 0.168. The minimum atomic E-state index is -0.270. The Hall–Kier alpha value is -3.46. The van der Waals surface area contributed by atoms with E-state index in [2.05, 4.69) is 25.3 Å². The lowest BCUT2D eigenvalue weighted by Crippen LogP contribution is -2.20. The van der Waals surface area contributed by atoms with Crippen LogP contribution >= 0.6 is 11.8 Å². The third kappa shape index (κ3) is 4.88. The second-order valence-electron chi connectivity index (χ2n) is 7.37. The van der Waals surface area contributed by atoms with Gasteiger partial charge in [-0.05, 0) is 49.4 Å². The molecule has 0 spiro atoms. The van der Waals surface area contributed by atoms with Crippen LogP contribution in [0.3, 0.4) is 0 Å². The topological polar surface area (TPSA) is 104 Å². The number of imidazole rings is 1. The normalized spacial score (nSPS) is 11.1. The fourth-order valence-electron chi connectivity index (χ4n) is 3.48. The molecule has 0 fully saturated rings. The third-order valence-electron chi connectivity index (χ3n) is 5.13. The van der Waals surface area contributed by atoms with Crippen LogP contribution in [0.1, 0.15) is 29.1 Å². The minimum Gasteiger partial charge on any atom is -0.342 e. The Labute approximate surface area is 187 Å². The maximum absolute atomic E-state index is 13.9. The number of aryl methyl sites for hydroxylation is 1. The first-order valence-corrected chi connectivity index (χ1v) is 11.3. The quantitative estimate of drug-likeness (QED) is 0.291. The zero-order chi connectivity index (χ0) is 22.7. The Morgan fingerprint density at radius 2 is 1.97 bits per heavy atom. The van der Waals surface area contributed by atoms with Crippen molar-refractivity contribution in [3.63, 3.8) is 0 Å². The summed E-state index contributed by atoms with van der Waals surface area (Å²) in [7, 11) is 0. The summed E-state index contributed by atoms with van der Waals surface area (Å²) >= 11 is 1.36. The number of nitrogens with one attached hydrogen (secondary N) is 3. The van der Waals surface area contributed by atoms with Crippen molar-refractivity contribution in [2.24, 2.45) is 0 Å². The molecule has 3 N–H and O–H groups in total. The van der Waals surface area contributed by atoms with Crippen molar-refractivity contribution in [2.75, 3.05) is 11.6 Å². The van der Waals surface area contributed by atoms with Crippen molar-refractivity contribution < 1.29 is 9.18 Å². The molecular weight excluding hydrogens is 429 g/mol. The number of amides is 1. The minimum absolute atomic E-state index is 0.157. The highest BCUT2D eigenvalue weighted by molar-refractivity contribution is 7.98. The number of fused-ring (bicyclic) bond motifs is 1. The molecule has 2 heterocycles. The van der Waals surface area contributed by atoms with E-state index in [1.54, 1.807) is 43.3 Å². The van der Waals surface area contributed by atoms with Gasteiger partial charge in [0.05, 0.1) is 11.0 Å². The van der Waals surface area contributed by atoms with E-state index < -0.39 is 0 Å². The standard InChI is InChI=1S/C23H22FN5O2S/c1-13-16(22(31)29-23(25-13)32-2)8-10-21(30)26-15-7-9-18-19(12-15)28-20(27-18)11-14-5-3-4-6-17(14)24/h3-7,9,12H,8,10-11H2,1-2H3,(H,26,30)(H,27,28)(H,25,29,31). The molecule has 4 rings (SSSR count). The van der Waals surface area contributed by atoms with Gasteiger partial charge in [0.1, 0.15) is 11.6 Å². The molecule has 0 aliphatic rings. The van der Waals surface area contributed by atoms with Gasteiger partial charge in [-0.25, -0.2) is 14.4 Å². The van der Waals surface area contributed by atoms with E-state index in [9.17, 15) is 14.0 Å². The number of carbonyl (C=O) groups is 1. The number of rotatable bonds is 7. The van der Waals surface area contributed by atoms with Crippen LogP contribution in [0.2, 0.25) is 0 Å². The zero-order valence-corrected chi connectivity index (χ0v) is 18.5. The number of H-pyrrole nitrogens is 2. The van der Waals surface area contributed by atoms with Crippen molar-refractivity contribution >= 4 is 34.4 Å². The van der Waals surface area contributed by atoms with Gasteiger partial charge in [0.15, 0.2) is 5.16 Å². The summed E-state index contributed by atoms with van der Waals surface area (Å²) in [5.41, 5.74) is 3.59. The summed E-state index contributed by atoms with van der Waals surface area (Å²) in [6.07, 6.45) is 2.64. The molecule has 32 heavy (non-hydrogen) atoms. The summed E-state index contributed by atoms with van der Waals surface area (Å²) < 4.78 is 13.9. The van der Waals surface area contributed by atoms with Crippen molar-refractivity contribution in [3.8, 4) is 0 Å². The number of anilines is 1. The Morgan fingerprint density at radius 1 is 1.16 bits per heavy atom. The molecule has 2 aromatic heterocycles. The number of carbonyl (C=O) groups excluding carboxylic acids is 1. The molecule has 0 aliphatic carbocycles. The van der Waals surface area contributed by atoms with Gasteiger partial charge in [-0.15, -0.1) is 0 Å². The highest BCUT2D eigenvalue weighted by Gasteiger charge is 2.12. The number of aromatic nitrogens is 4. The van der Waals surface area contributed by atoms with E-state index in [1.165, 1.54) is 17.8 Å². The molecule has 0 bridgehead atoms. The molecule has 9 heteroatoms. The van der Waals surface area contributed by atoms with Gasteiger partial charge in [0, 0.05) is 29.8 Å². The monoisotopic (exact) mass is 451 g/mol. The smallest absolute Gasteiger partial charge is 0.254 e. The van der Waals surface area contributed by atoms with Gasteiger partial charge < -0.3 is 15.3 Å². The van der Waals surface area contributed by atoms with Crippen molar-refractivity contribution in [3.05, 3.63) is 81.3 Å². The van der Waals surface area contributed by atoms with E-state index in [1.807, 2.05) is 6.26 Å². The molecule has 2 aromatic carbocycles. The first-order chi connectivity index (χ1) is 15.4. The number of aromatic amines is 2. The highest BCUT2D eigenvalue weighted by atomic mass is 32.2. The Balaban J connectivity index is 1.42. The first-order valence-electron chi connectivity index (χ1n) is 10.1. The second kappa shape index (κ2) is 9.35. The Morgan fingerprint density at radius 3 is 2.72 bits per heavy atom. The zero-order valence-electron chi connectivity index (χ0n) is 17.7. The molecule has 0 saturated heterocycles. The molecule has 0 aliphatic heterocycles. The highest BCUT2D eigenvalue weighted by Crippen LogP contribution is 2.20. The fraction of sp³-hybridized carbons (Fsp3) is 0.217. The molecule has 1 amide bonds. The summed E-state index contributed by atoms with van der Waals surface area (Å²) in [6, 6.07) is 11.9. The molecule has 164 valence electrons. The number of hydrogen-bond acceptors (Lipinski definition) is 5. The average Bonchev–Trinajstić information content (AvgIpc) is 3.16. The van der Waals surface area contributed by atoms with Gasteiger partial charge in [-0.1, -0.05) is 30.0 Å². The van der Waals surface area contributed by atoms with E-state index in [0.717, 1.165) is 11.0 Å². The SMILES string of the molecule is CSc1nc(C)c(CCC(=O)Nc2ccc3nc(Cc4ccccc4F)[nH]c3c2)c(=O)[nH]1. The number of nitrogens with zero attached hydrogens (tertiary/aromatic N) is 2. The molecule has 7 nitrogen and oxygen atoms in total. The van der Waals surface area contributed by atoms with Crippen molar-refractivity contribution in [1.82, 2.24) is 19.9 Å². The maximum Gasteiger partial charge on any atom is 0.254 e. The average molecular weight is 452 g/mol. The van der Waals surface area contributed by atoms with Gasteiger partial charge in [-0.3, -0.25) is 9.59 Å². The number of benzene rings is 2. The number of hydrogen-bond donors (Lipinski definition) is 3.